The van der Waals surface area contributed by atoms with Crippen LogP contribution in [0.5, 0.6) is 11.5 Å². The Hall–Kier alpha value is -3.18. The van der Waals surface area contributed by atoms with Gasteiger partial charge in [-0.05, 0) is 84.5 Å². The highest BCUT2D eigenvalue weighted by Crippen LogP contribution is 2.55. The summed E-state index contributed by atoms with van der Waals surface area (Å²) in [6.45, 7) is 26.2. The molecule has 2 aromatic rings. The maximum Gasteiger partial charge on any atom is 0.207 e. The van der Waals surface area contributed by atoms with Gasteiger partial charge in [0.1, 0.15) is 29.8 Å². The van der Waals surface area contributed by atoms with Crippen molar-refractivity contribution in [2.24, 2.45) is 9.98 Å². The lowest BCUT2D eigenvalue weighted by atomic mass is 9.69. The fraction of sp³-hybridized carbons (Fsp3) is 0.682. The number of anilines is 2. The van der Waals surface area contributed by atoms with Gasteiger partial charge >= 0.3 is 0 Å². The van der Waals surface area contributed by atoms with Crippen LogP contribution >= 0.6 is 0 Å². The summed E-state index contributed by atoms with van der Waals surface area (Å²) in [5, 5.41) is 24.0. The molecule has 2 unspecified atom stereocenters. The smallest absolute Gasteiger partial charge is 0.207 e. The number of rotatable bonds is 6. The number of nitrogens with zero attached hydrogens (tertiary/aromatic N) is 4. The van der Waals surface area contributed by atoms with Crippen molar-refractivity contribution in [3.05, 3.63) is 45.5 Å². The van der Waals surface area contributed by atoms with E-state index in [2.05, 4.69) is 77.3 Å². The largest absolute Gasteiger partial charge is 0.507 e. The van der Waals surface area contributed by atoms with Crippen molar-refractivity contribution in [1.29, 1.82) is 0 Å². The van der Waals surface area contributed by atoms with E-state index in [-0.39, 0.29) is 52.4 Å². The number of fused-ring (bicyclic) bond motifs is 1. The van der Waals surface area contributed by atoms with Gasteiger partial charge in [-0.25, -0.2) is 0 Å². The van der Waals surface area contributed by atoms with E-state index in [1.165, 1.54) is 22.5 Å². The van der Waals surface area contributed by atoms with Crippen LogP contribution in [0.1, 0.15) is 128 Å². The monoisotopic (exact) mass is 742 g/mol. The van der Waals surface area contributed by atoms with Gasteiger partial charge in [-0.15, -0.1) is 0 Å². The van der Waals surface area contributed by atoms with Crippen LogP contribution < -0.4 is 9.80 Å². The van der Waals surface area contributed by atoms with Crippen molar-refractivity contribution >= 4 is 23.8 Å². The molecular formula is C44H62N4O6. The third kappa shape index (κ3) is 5.88. The summed E-state index contributed by atoms with van der Waals surface area (Å²) in [6, 6.07) is 4.25. The summed E-state index contributed by atoms with van der Waals surface area (Å²) in [6.07, 6.45) is 6.10. The number of phenolic OH excluding ortho intramolecular Hbond substituents is 2. The van der Waals surface area contributed by atoms with Gasteiger partial charge in [0.25, 0.3) is 0 Å². The molecule has 0 aromatic heterocycles. The highest BCUT2D eigenvalue weighted by molar-refractivity contribution is 5.90. The number of methoxy groups -OCH3 is 1. The van der Waals surface area contributed by atoms with Crippen molar-refractivity contribution in [2.45, 2.75) is 146 Å². The first kappa shape index (κ1) is 37.7. The highest BCUT2D eigenvalue weighted by atomic mass is 16.8. The Balaban J connectivity index is 1.23. The number of aliphatic imine (C=N–C) groups is 2. The van der Waals surface area contributed by atoms with Crippen molar-refractivity contribution in [3.63, 3.8) is 0 Å². The Labute approximate surface area is 321 Å². The highest BCUT2D eigenvalue weighted by Gasteiger charge is 2.58. The van der Waals surface area contributed by atoms with E-state index in [1.807, 2.05) is 13.8 Å². The van der Waals surface area contributed by atoms with Gasteiger partial charge in [-0.2, -0.15) is 0 Å². The van der Waals surface area contributed by atoms with Crippen LogP contribution in [0.4, 0.5) is 11.4 Å². The first-order valence-corrected chi connectivity index (χ1v) is 20.1. The van der Waals surface area contributed by atoms with Gasteiger partial charge in [0.2, 0.25) is 5.72 Å². The summed E-state index contributed by atoms with van der Waals surface area (Å²) in [7, 11) is 1.65. The van der Waals surface area contributed by atoms with Gasteiger partial charge in [-0.3, -0.25) is 9.98 Å². The summed E-state index contributed by atoms with van der Waals surface area (Å²) in [5.41, 5.74) is 6.42. The number of phenols is 2. The van der Waals surface area contributed by atoms with Crippen LogP contribution in [0.2, 0.25) is 0 Å². The molecule has 2 aromatic carbocycles. The van der Waals surface area contributed by atoms with Crippen molar-refractivity contribution in [1.82, 2.24) is 0 Å². The molecule has 294 valence electrons. The molecule has 0 bridgehead atoms. The minimum Gasteiger partial charge on any atom is -0.507 e. The fourth-order valence-corrected chi connectivity index (χ4v) is 10.3. The molecule has 2 saturated heterocycles. The summed E-state index contributed by atoms with van der Waals surface area (Å²) < 4.78 is 25.6. The van der Waals surface area contributed by atoms with Crippen LogP contribution in [0.3, 0.4) is 0 Å². The van der Waals surface area contributed by atoms with Crippen molar-refractivity contribution in [3.8, 4) is 11.5 Å². The summed E-state index contributed by atoms with van der Waals surface area (Å²) in [4.78, 5) is 15.2. The molecule has 0 aliphatic carbocycles. The molecule has 6 aliphatic heterocycles. The average Bonchev–Trinajstić information content (AvgIpc) is 3.40. The number of hydrogen-bond acceptors (Lipinski definition) is 10. The SMILES string of the molecule is CO[C@@H]1C2OC(C)(C)O[C@@H]2COC1(CN=Cc1cc2c3c(c1O)C(C)(C)CCN3CCC2(C)C)N=Cc1cc2c3c(c1O)C(C)(C)CCN3CCC2(C)C. The van der Waals surface area contributed by atoms with Gasteiger partial charge < -0.3 is 39.0 Å². The molecule has 8 rings (SSSR count). The number of benzene rings is 2. The molecule has 0 radical (unpaired) electrons. The minimum absolute atomic E-state index is 0.0402. The molecule has 2 fully saturated rings. The first-order valence-electron chi connectivity index (χ1n) is 20.1. The third-order valence-corrected chi connectivity index (χ3v) is 13.8. The van der Waals surface area contributed by atoms with Gasteiger partial charge in [0.05, 0.1) is 13.2 Å². The van der Waals surface area contributed by atoms with E-state index in [0.717, 1.165) is 63.0 Å². The van der Waals surface area contributed by atoms with E-state index in [4.69, 9.17) is 28.9 Å². The molecule has 6 aliphatic rings. The van der Waals surface area contributed by atoms with E-state index in [9.17, 15) is 10.2 Å². The summed E-state index contributed by atoms with van der Waals surface area (Å²) in [5.74, 6) is -0.262. The van der Waals surface area contributed by atoms with Crippen LogP contribution in [-0.2, 0) is 40.6 Å². The van der Waals surface area contributed by atoms with Crippen molar-refractivity contribution in [2.75, 3.05) is 56.2 Å². The van der Waals surface area contributed by atoms with E-state index in [0.29, 0.717) is 11.1 Å². The van der Waals surface area contributed by atoms with Gasteiger partial charge in [-0.1, -0.05) is 55.4 Å². The molecule has 10 nitrogen and oxygen atoms in total. The quantitative estimate of drug-likeness (QED) is 0.299. The molecule has 4 atom stereocenters. The van der Waals surface area contributed by atoms with Gasteiger partial charge in [0.15, 0.2) is 5.79 Å². The molecule has 6 heterocycles. The second-order valence-corrected chi connectivity index (χ2v) is 19.9. The lowest BCUT2D eigenvalue weighted by Gasteiger charge is -2.48. The Morgan fingerprint density at radius 3 is 1.70 bits per heavy atom. The second kappa shape index (κ2) is 12.4. The normalized spacial score (nSPS) is 31.1. The zero-order chi connectivity index (χ0) is 38.8. The van der Waals surface area contributed by atoms with E-state index < -0.39 is 23.7 Å². The lowest BCUT2D eigenvalue weighted by molar-refractivity contribution is -0.211. The lowest BCUT2D eigenvalue weighted by Crippen LogP contribution is -2.61. The molecule has 2 N–H and O–H groups in total. The number of aromatic hydroxyl groups is 2. The minimum atomic E-state index is -1.31. The zero-order valence-corrected chi connectivity index (χ0v) is 34.4. The standard InChI is InChI=1S/C44H62N4O6/c1-39(2)12-16-47-18-14-41(5,6)31-33(47)28(39)20-26(35(31)49)22-45-25-44(38(51-11)37-30(24-52-44)53-43(9,10)54-37)46-23-27-21-29-34-32(36(27)50)42(7,8)15-19-48(34)17-13-40(29,3)4/h20-23,30,37-38,49-50H,12-19,24-25H2,1-11H3/t30-,37?,38-,44?/m1/s1. The average molecular weight is 743 g/mol. The van der Waals surface area contributed by atoms with Crippen LogP contribution in [0, 0.1) is 0 Å². The molecular weight excluding hydrogens is 681 g/mol. The fourth-order valence-electron chi connectivity index (χ4n) is 10.3. The molecule has 0 spiro atoms. The first-order chi connectivity index (χ1) is 25.2. The van der Waals surface area contributed by atoms with E-state index >= 15 is 0 Å². The number of ether oxygens (including phenoxy) is 4. The molecule has 54 heavy (non-hydrogen) atoms. The Morgan fingerprint density at radius 1 is 0.722 bits per heavy atom. The topological polar surface area (TPSA) is 109 Å². The number of hydrogen-bond donors (Lipinski definition) is 2. The second-order valence-electron chi connectivity index (χ2n) is 19.9. The zero-order valence-electron chi connectivity index (χ0n) is 34.4. The predicted molar refractivity (Wildman–Crippen MR) is 215 cm³/mol. The van der Waals surface area contributed by atoms with E-state index in [1.54, 1.807) is 19.5 Å². The molecule has 0 amide bonds. The van der Waals surface area contributed by atoms with Gasteiger partial charge in [0, 0.05) is 79.3 Å². The summed E-state index contributed by atoms with van der Waals surface area (Å²) >= 11 is 0. The van der Waals surface area contributed by atoms with Crippen LogP contribution in [-0.4, -0.2) is 98.9 Å². The third-order valence-electron chi connectivity index (χ3n) is 13.8. The Morgan fingerprint density at radius 2 is 1.20 bits per heavy atom. The molecule has 10 heteroatoms. The Kier molecular flexibility index (Phi) is 8.67. The van der Waals surface area contributed by atoms with Crippen LogP contribution in [0.25, 0.3) is 0 Å². The predicted octanol–water partition coefficient (Wildman–Crippen LogP) is 7.24. The van der Waals surface area contributed by atoms with Crippen molar-refractivity contribution < 1.29 is 29.2 Å². The Bertz CT molecular complexity index is 1910. The van der Waals surface area contributed by atoms with Crippen LogP contribution in [0.15, 0.2) is 22.1 Å². The maximum absolute atomic E-state index is 12.1. The maximum atomic E-state index is 12.1. The molecule has 0 saturated carbocycles.